The number of aromatic amines is 1. The Bertz CT molecular complexity index is 904. The Balaban J connectivity index is 2.11. The highest BCUT2D eigenvalue weighted by Crippen LogP contribution is 2.40. The first-order valence-electron chi connectivity index (χ1n) is 8.42. The number of ether oxygens (including phenoxy) is 2. The van der Waals surface area contributed by atoms with Gasteiger partial charge in [0.15, 0.2) is 11.5 Å². The van der Waals surface area contributed by atoms with Gasteiger partial charge in [0, 0.05) is 42.2 Å². The summed E-state index contributed by atoms with van der Waals surface area (Å²) in [6.07, 6.45) is 1.99. The maximum atomic E-state index is 11.8. The van der Waals surface area contributed by atoms with E-state index in [9.17, 15) is 4.79 Å². The lowest BCUT2D eigenvalue weighted by atomic mass is 9.90. The molecule has 3 aromatic rings. The molecule has 0 aliphatic carbocycles. The fourth-order valence-electron chi connectivity index (χ4n) is 3.24. The molecule has 2 amide bonds. The van der Waals surface area contributed by atoms with Gasteiger partial charge >= 0.3 is 6.03 Å². The van der Waals surface area contributed by atoms with Crippen LogP contribution in [0, 0.1) is 0 Å². The second-order valence-electron chi connectivity index (χ2n) is 5.88. The number of aromatic nitrogens is 1. The van der Waals surface area contributed by atoms with Crippen LogP contribution < -0.4 is 20.1 Å². The van der Waals surface area contributed by atoms with E-state index in [2.05, 4.69) is 21.7 Å². The Kier molecular flexibility index (Phi) is 5.31. The second-order valence-corrected chi connectivity index (χ2v) is 5.88. The number of amides is 2. The Labute approximate surface area is 152 Å². The van der Waals surface area contributed by atoms with Crippen molar-refractivity contribution in [1.29, 1.82) is 0 Å². The Morgan fingerprint density at radius 1 is 1.08 bits per heavy atom. The summed E-state index contributed by atoms with van der Waals surface area (Å²) < 4.78 is 11.1. The van der Waals surface area contributed by atoms with E-state index in [1.54, 1.807) is 21.3 Å². The molecule has 26 heavy (non-hydrogen) atoms. The van der Waals surface area contributed by atoms with Crippen molar-refractivity contribution >= 4 is 16.9 Å². The van der Waals surface area contributed by atoms with Crippen LogP contribution in [-0.4, -0.2) is 38.8 Å². The first-order chi connectivity index (χ1) is 12.7. The zero-order valence-corrected chi connectivity index (χ0v) is 15.1. The number of nitrogens with one attached hydrogen (secondary N) is 3. The predicted molar refractivity (Wildman–Crippen MR) is 102 cm³/mol. The SMILES string of the molecule is CNC(=O)NC[C@H](c1cccc(OC)c1OC)c1c[nH]c2ccccc12. The third kappa shape index (κ3) is 3.31. The average Bonchev–Trinajstić information content (AvgIpc) is 3.11. The first-order valence-corrected chi connectivity index (χ1v) is 8.42. The highest BCUT2D eigenvalue weighted by atomic mass is 16.5. The first kappa shape index (κ1) is 17.7. The van der Waals surface area contributed by atoms with Gasteiger partial charge in [-0.05, 0) is 17.7 Å². The molecule has 1 aromatic heterocycles. The molecule has 3 rings (SSSR count). The standard InChI is InChI=1S/C20H23N3O3/c1-21-20(24)23-12-16(14-8-6-10-18(25-2)19(14)26-3)15-11-22-17-9-5-4-7-13(15)17/h4-11,16,22H,12H2,1-3H3,(H2,21,23,24)/t16-/m1/s1. The molecule has 0 spiro atoms. The number of carbonyl (C=O) groups is 1. The van der Waals surface area contributed by atoms with Gasteiger partial charge in [0.05, 0.1) is 14.2 Å². The van der Waals surface area contributed by atoms with Crippen molar-refractivity contribution in [3.8, 4) is 11.5 Å². The van der Waals surface area contributed by atoms with Crippen LogP contribution in [0.5, 0.6) is 11.5 Å². The molecule has 0 fully saturated rings. The summed E-state index contributed by atoms with van der Waals surface area (Å²) in [4.78, 5) is 15.1. The van der Waals surface area contributed by atoms with Crippen molar-refractivity contribution in [2.24, 2.45) is 0 Å². The van der Waals surface area contributed by atoms with Gasteiger partial charge in [-0.15, -0.1) is 0 Å². The van der Waals surface area contributed by atoms with E-state index >= 15 is 0 Å². The van der Waals surface area contributed by atoms with E-state index in [1.807, 2.05) is 42.6 Å². The molecule has 1 atom stereocenters. The van der Waals surface area contributed by atoms with Crippen LogP contribution in [0.25, 0.3) is 10.9 Å². The molecule has 6 heteroatoms. The summed E-state index contributed by atoms with van der Waals surface area (Å²) in [5.41, 5.74) is 3.09. The number of hydrogen-bond acceptors (Lipinski definition) is 3. The number of carbonyl (C=O) groups excluding carboxylic acids is 1. The van der Waals surface area contributed by atoms with Crippen LogP contribution in [0.15, 0.2) is 48.7 Å². The maximum Gasteiger partial charge on any atom is 0.314 e. The minimum Gasteiger partial charge on any atom is -0.493 e. The largest absolute Gasteiger partial charge is 0.493 e. The monoisotopic (exact) mass is 353 g/mol. The van der Waals surface area contributed by atoms with E-state index in [1.165, 1.54) is 0 Å². The van der Waals surface area contributed by atoms with Crippen molar-refractivity contribution in [3.05, 3.63) is 59.8 Å². The molecule has 0 aliphatic heterocycles. The molecule has 3 N–H and O–H groups in total. The molecular formula is C20H23N3O3. The van der Waals surface area contributed by atoms with E-state index in [-0.39, 0.29) is 11.9 Å². The lowest BCUT2D eigenvalue weighted by Gasteiger charge is -2.21. The van der Waals surface area contributed by atoms with E-state index < -0.39 is 0 Å². The summed E-state index contributed by atoms with van der Waals surface area (Å²) >= 11 is 0. The van der Waals surface area contributed by atoms with Crippen molar-refractivity contribution in [2.75, 3.05) is 27.8 Å². The van der Waals surface area contributed by atoms with Gasteiger partial charge in [0.2, 0.25) is 0 Å². The van der Waals surface area contributed by atoms with Crippen LogP contribution in [0.1, 0.15) is 17.0 Å². The minimum absolute atomic E-state index is 0.103. The molecule has 2 aromatic carbocycles. The smallest absolute Gasteiger partial charge is 0.314 e. The van der Waals surface area contributed by atoms with Crippen LogP contribution in [0.3, 0.4) is 0 Å². The molecule has 6 nitrogen and oxygen atoms in total. The van der Waals surface area contributed by atoms with Gasteiger partial charge in [0.1, 0.15) is 0 Å². The van der Waals surface area contributed by atoms with Gasteiger partial charge in [-0.25, -0.2) is 4.79 Å². The number of H-pyrrole nitrogens is 1. The van der Waals surface area contributed by atoms with Gasteiger partial charge in [-0.1, -0.05) is 30.3 Å². The third-order valence-electron chi connectivity index (χ3n) is 4.50. The van der Waals surface area contributed by atoms with Crippen LogP contribution in [0.4, 0.5) is 4.79 Å². The van der Waals surface area contributed by atoms with Crippen LogP contribution in [0.2, 0.25) is 0 Å². The number of benzene rings is 2. The fraction of sp³-hybridized carbons (Fsp3) is 0.250. The molecule has 136 valence electrons. The minimum atomic E-state index is -0.225. The molecule has 0 saturated heterocycles. The average molecular weight is 353 g/mol. The molecular weight excluding hydrogens is 330 g/mol. The van der Waals surface area contributed by atoms with Crippen molar-refractivity contribution in [1.82, 2.24) is 15.6 Å². The van der Waals surface area contributed by atoms with Gasteiger partial charge in [-0.3, -0.25) is 0 Å². The molecule has 0 saturated carbocycles. The van der Waals surface area contributed by atoms with E-state index in [0.29, 0.717) is 18.0 Å². The number of fused-ring (bicyclic) bond motifs is 1. The maximum absolute atomic E-state index is 11.8. The van der Waals surface area contributed by atoms with Gasteiger partial charge in [0.25, 0.3) is 0 Å². The van der Waals surface area contributed by atoms with E-state index in [4.69, 9.17) is 9.47 Å². The molecule has 0 radical (unpaired) electrons. The summed E-state index contributed by atoms with van der Waals surface area (Å²) in [6.45, 7) is 0.422. The lowest BCUT2D eigenvalue weighted by Crippen LogP contribution is -2.35. The van der Waals surface area contributed by atoms with Crippen LogP contribution in [-0.2, 0) is 0 Å². The van der Waals surface area contributed by atoms with Gasteiger partial charge in [-0.2, -0.15) is 0 Å². The number of methoxy groups -OCH3 is 2. The van der Waals surface area contributed by atoms with Crippen molar-refractivity contribution in [3.63, 3.8) is 0 Å². The Hall–Kier alpha value is -3.15. The zero-order chi connectivity index (χ0) is 18.5. The summed E-state index contributed by atoms with van der Waals surface area (Å²) in [5.74, 6) is 1.23. The Morgan fingerprint density at radius 2 is 1.88 bits per heavy atom. The highest BCUT2D eigenvalue weighted by molar-refractivity contribution is 5.84. The molecule has 1 heterocycles. The normalized spacial score (nSPS) is 11.8. The second kappa shape index (κ2) is 7.82. The summed E-state index contributed by atoms with van der Waals surface area (Å²) in [6, 6.07) is 13.7. The lowest BCUT2D eigenvalue weighted by molar-refractivity contribution is 0.242. The fourth-order valence-corrected chi connectivity index (χ4v) is 3.24. The Morgan fingerprint density at radius 3 is 2.62 bits per heavy atom. The summed E-state index contributed by atoms with van der Waals surface area (Å²) in [7, 11) is 4.84. The quantitative estimate of drug-likeness (QED) is 0.637. The molecule has 0 aliphatic rings. The molecule has 0 bridgehead atoms. The predicted octanol–water partition coefficient (Wildman–Crippen LogP) is 3.25. The number of urea groups is 1. The zero-order valence-electron chi connectivity index (χ0n) is 15.1. The number of hydrogen-bond donors (Lipinski definition) is 3. The number of para-hydroxylation sites is 2. The van der Waals surface area contributed by atoms with Crippen molar-refractivity contribution in [2.45, 2.75) is 5.92 Å². The van der Waals surface area contributed by atoms with Crippen LogP contribution >= 0.6 is 0 Å². The third-order valence-corrected chi connectivity index (χ3v) is 4.50. The van der Waals surface area contributed by atoms with Crippen molar-refractivity contribution < 1.29 is 14.3 Å². The number of rotatable bonds is 6. The highest BCUT2D eigenvalue weighted by Gasteiger charge is 2.24. The summed E-state index contributed by atoms with van der Waals surface area (Å²) in [5, 5.41) is 6.62. The van der Waals surface area contributed by atoms with Gasteiger partial charge < -0.3 is 25.1 Å². The molecule has 0 unspecified atom stereocenters. The van der Waals surface area contributed by atoms with E-state index in [0.717, 1.165) is 22.0 Å². The topological polar surface area (TPSA) is 75.4 Å².